The van der Waals surface area contributed by atoms with Crippen molar-refractivity contribution in [1.82, 2.24) is 10.2 Å². The first kappa shape index (κ1) is 14.3. The largest absolute Gasteiger partial charge is 0.310 e. The Hall–Kier alpha value is -1.12. The van der Waals surface area contributed by atoms with Crippen LogP contribution >= 0.6 is 0 Å². The zero-order chi connectivity index (χ0) is 13.5. The Kier molecular flexibility index (Phi) is 5.62. The molecule has 1 aromatic rings. The van der Waals surface area contributed by atoms with Gasteiger partial charge in [0.2, 0.25) is 0 Å². The Morgan fingerprint density at radius 3 is 2.95 bits per heavy atom. The van der Waals surface area contributed by atoms with Crippen molar-refractivity contribution in [3.8, 4) is 0 Å². The van der Waals surface area contributed by atoms with Gasteiger partial charge in [0.15, 0.2) is 0 Å². The summed E-state index contributed by atoms with van der Waals surface area (Å²) in [4.78, 5) is 2.57. The van der Waals surface area contributed by atoms with Crippen LogP contribution in [0.2, 0.25) is 0 Å². The van der Waals surface area contributed by atoms with Crippen LogP contribution in [0.4, 0.5) is 0 Å². The summed E-state index contributed by atoms with van der Waals surface area (Å²) in [6.45, 7) is 9.53. The third kappa shape index (κ3) is 4.81. The molecule has 1 aliphatic heterocycles. The summed E-state index contributed by atoms with van der Waals surface area (Å²) in [5.41, 5.74) is 1.42. The summed E-state index contributed by atoms with van der Waals surface area (Å²) in [7, 11) is 0. The number of nitrogens with one attached hydrogen (secondary N) is 1. The quantitative estimate of drug-likeness (QED) is 0.788. The predicted molar refractivity (Wildman–Crippen MR) is 82.2 cm³/mol. The van der Waals surface area contributed by atoms with Gasteiger partial charge in [-0.15, -0.1) is 6.58 Å². The van der Waals surface area contributed by atoms with Crippen LogP contribution in [-0.4, -0.2) is 30.1 Å². The van der Waals surface area contributed by atoms with Gasteiger partial charge in [0.1, 0.15) is 0 Å². The summed E-state index contributed by atoms with van der Waals surface area (Å²) in [6.07, 6.45) is 5.65. The second-order valence-electron chi connectivity index (χ2n) is 5.65. The van der Waals surface area contributed by atoms with E-state index in [1.807, 2.05) is 6.08 Å². The van der Waals surface area contributed by atoms with Gasteiger partial charge in [-0.2, -0.15) is 0 Å². The molecular formula is C17H26N2. The average molecular weight is 258 g/mol. The van der Waals surface area contributed by atoms with Gasteiger partial charge in [0.05, 0.1) is 0 Å². The van der Waals surface area contributed by atoms with Crippen molar-refractivity contribution in [2.24, 2.45) is 0 Å². The fraction of sp³-hybridized carbons (Fsp3) is 0.529. The van der Waals surface area contributed by atoms with Gasteiger partial charge in [0.25, 0.3) is 0 Å². The van der Waals surface area contributed by atoms with E-state index in [0.717, 1.165) is 19.5 Å². The molecule has 19 heavy (non-hydrogen) atoms. The van der Waals surface area contributed by atoms with E-state index in [2.05, 4.69) is 54.1 Å². The van der Waals surface area contributed by atoms with Crippen molar-refractivity contribution in [2.75, 3.05) is 13.1 Å². The van der Waals surface area contributed by atoms with Gasteiger partial charge in [-0.25, -0.2) is 0 Å². The highest BCUT2D eigenvalue weighted by Gasteiger charge is 2.20. The number of nitrogens with zero attached hydrogens (tertiary/aromatic N) is 1. The fourth-order valence-corrected chi connectivity index (χ4v) is 2.90. The summed E-state index contributed by atoms with van der Waals surface area (Å²) >= 11 is 0. The zero-order valence-electron chi connectivity index (χ0n) is 12.0. The van der Waals surface area contributed by atoms with Crippen molar-refractivity contribution >= 4 is 0 Å². The molecule has 0 spiro atoms. The molecule has 1 heterocycles. The fourth-order valence-electron chi connectivity index (χ4n) is 2.90. The van der Waals surface area contributed by atoms with E-state index in [1.165, 1.54) is 24.9 Å². The molecule has 1 aromatic carbocycles. The SMILES string of the molecule is C=CCC(C)NC1CCCN(Cc2ccccc2)C1. The average Bonchev–Trinajstić information content (AvgIpc) is 2.40. The molecule has 1 fully saturated rings. The number of likely N-dealkylation sites (tertiary alicyclic amines) is 1. The molecule has 1 aliphatic rings. The molecule has 0 aliphatic carbocycles. The second kappa shape index (κ2) is 7.46. The van der Waals surface area contributed by atoms with Gasteiger partial charge in [-0.05, 0) is 38.3 Å². The first-order chi connectivity index (χ1) is 9.28. The molecule has 0 bridgehead atoms. The van der Waals surface area contributed by atoms with Crippen LogP contribution in [-0.2, 0) is 6.54 Å². The van der Waals surface area contributed by atoms with Crippen LogP contribution in [0.1, 0.15) is 31.7 Å². The van der Waals surface area contributed by atoms with Crippen molar-refractivity contribution in [2.45, 2.75) is 44.8 Å². The molecule has 2 heteroatoms. The van der Waals surface area contributed by atoms with E-state index < -0.39 is 0 Å². The van der Waals surface area contributed by atoms with Crippen molar-refractivity contribution in [3.05, 3.63) is 48.6 Å². The van der Waals surface area contributed by atoms with Gasteiger partial charge >= 0.3 is 0 Å². The molecular weight excluding hydrogens is 232 g/mol. The van der Waals surface area contributed by atoms with Crippen LogP contribution in [0.25, 0.3) is 0 Å². The number of piperidine rings is 1. The molecule has 2 nitrogen and oxygen atoms in total. The Bertz CT molecular complexity index is 374. The van der Waals surface area contributed by atoms with E-state index in [9.17, 15) is 0 Å². The lowest BCUT2D eigenvalue weighted by Gasteiger charge is -2.34. The lowest BCUT2D eigenvalue weighted by atomic mass is 10.0. The minimum Gasteiger partial charge on any atom is -0.310 e. The molecule has 2 atom stereocenters. The number of benzene rings is 1. The number of rotatable bonds is 6. The highest BCUT2D eigenvalue weighted by Crippen LogP contribution is 2.14. The van der Waals surface area contributed by atoms with Crippen LogP contribution in [0.15, 0.2) is 43.0 Å². The molecule has 104 valence electrons. The van der Waals surface area contributed by atoms with Crippen molar-refractivity contribution in [3.63, 3.8) is 0 Å². The first-order valence-electron chi connectivity index (χ1n) is 7.41. The summed E-state index contributed by atoms with van der Waals surface area (Å²) in [5, 5.41) is 3.72. The monoisotopic (exact) mass is 258 g/mol. The van der Waals surface area contributed by atoms with E-state index in [1.54, 1.807) is 0 Å². The standard InChI is InChI=1S/C17H26N2/c1-3-8-15(2)18-17-11-7-12-19(14-17)13-16-9-5-4-6-10-16/h3-6,9-10,15,17-18H,1,7-8,11-14H2,2H3. The number of hydrogen-bond donors (Lipinski definition) is 1. The highest BCUT2D eigenvalue weighted by molar-refractivity contribution is 5.14. The predicted octanol–water partition coefficient (Wildman–Crippen LogP) is 3.21. The Labute approximate surface area is 117 Å². The Morgan fingerprint density at radius 2 is 2.21 bits per heavy atom. The molecule has 1 N–H and O–H groups in total. The van der Waals surface area contributed by atoms with Crippen molar-refractivity contribution in [1.29, 1.82) is 0 Å². The van der Waals surface area contributed by atoms with Crippen LogP contribution in [0, 0.1) is 0 Å². The maximum absolute atomic E-state index is 3.81. The topological polar surface area (TPSA) is 15.3 Å². The van der Waals surface area contributed by atoms with E-state index in [0.29, 0.717) is 12.1 Å². The maximum atomic E-state index is 3.81. The summed E-state index contributed by atoms with van der Waals surface area (Å²) in [6, 6.07) is 11.9. The smallest absolute Gasteiger partial charge is 0.0234 e. The lowest BCUT2D eigenvalue weighted by molar-refractivity contribution is 0.177. The van der Waals surface area contributed by atoms with Crippen LogP contribution in [0.3, 0.4) is 0 Å². The highest BCUT2D eigenvalue weighted by atomic mass is 15.2. The summed E-state index contributed by atoms with van der Waals surface area (Å²) in [5.74, 6) is 0. The van der Waals surface area contributed by atoms with Gasteiger partial charge in [-0.1, -0.05) is 36.4 Å². The van der Waals surface area contributed by atoms with Crippen LogP contribution < -0.4 is 5.32 Å². The minimum atomic E-state index is 0.541. The lowest BCUT2D eigenvalue weighted by Crippen LogP contribution is -2.48. The molecule has 2 unspecified atom stereocenters. The first-order valence-corrected chi connectivity index (χ1v) is 7.41. The van der Waals surface area contributed by atoms with Gasteiger partial charge < -0.3 is 5.32 Å². The van der Waals surface area contributed by atoms with Gasteiger partial charge in [-0.3, -0.25) is 4.90 Å². The Morgan fingerprint density at radius 1 is 1.42 bits per heavy atom. The Balaban J connectivity index is 1.82. The zero-order valence-corrected chi connectivity index (χ0v) is 12.0. The normalized spacial score (nSPS) is 22.1. The molecule has 0 saturated carbocycles. The summed E-state index contributed by atoms with van der Waals surface area (Å²) < 4.78 is 0. The van der Waals surface area contributed by atoms with E-state index in [-0.39, 0.29) is 0 Å². The second-order valence-corrected chi connectivity index (χ2v) is 5.65. The molecule has 0 amide bonds. The molecule has 2 rings (SSSR count). The molecule has 0 aromatic heterocycles. The molecule has 1 saturated heterocycles. The van der Waals surface area contributed by atoms with Crippen molar-refractivity contribution < 1.29 is 0 Å². The van der Waals surface area contributed by atoms with E-state index in [4.69, 9.17) is 0 Å². The third-order valence-electron chi connectivity index (χ3n) is 3.79. The third-order valence-corrected chi connectivity index (χ3v) is 3.79. The molecule has 0 radical (unpaired) electrons. The van der Waals surface area contributed by atoms with E-state index >= 15 is 0 Å². The minimum absolute atomic E-state index is 0.541. The van der Waals surface area contributed by atoms with Gasteiger partial charge in [0, 0.05) is 25.2 Å². The maximum Gasteiger partial charge on any atom is 0.0234 e. The van der Waals surface area contributed by atoms with Crippen LogP contribution in [0.5, 0.6) is 0 Å². The number of hydrogen-bond acceptors (Lipinski definition) is 2.